The van der Waals surface area contributed by atoms with Crippen molar-refractivity contribution < 1.29 is 14.3 Å². The Kier molecular flexibility index (Phi) is 5.36. The highest BCUT2D eigenvalue weighted by molar-refractivity contribution is 5.92. The van der Waals surface area contributed by atoms with E-state index in [4.69, 9.17) is 9.47 Å². The molecule has 1 heterocycles. The lowest BCUT2D eigenvalue weighted by molar-refractivity contribution is 0.0949. The molecule has 1 aromatic carbocycles. The van der Waals surface area contributed by atoms with Gasteiger partial charge in [-0.05, 0) is 48.7 Å². The molecule has 5 nitrogen and oxygen atoms in total. The Morgan fingerprint density at radius 3 is 2.59 bits per heavy atom. The summed E-state index contributed by atoms with van der Waals surface area (Å²) in [7, 11) is 3.28. The second kappa shape index (κ2) is 7.45. The van der Waals surface area contributed by atoms with Gasteiger partial charge in [0.1, 0.15) is 17.2 Å². The largest absolute Gasteiger partial charge is 0.496 e. The van der Waals surface area contributed by atoms with E-state index < -0.39 is 0 Å². The van der Waals surface area contributed by atoms with Gasteiger partial charge < -0.3 is 14.8 Å². The van der Waals surface area contributed by atoms with Crippen molar-refractivity contribution in [3.63, 3.8) is 0 Å². The number of carbonyl (C=O) groups is 1. The van der Waals surface area contributed by atoms with Crippen molar-refractivity contribution in [2.75, 3.05) is 20.8 Å². The zero-order valence-corrected chi connectivity index (χ0v) is 13.1. The third kappa shape index (κ3) is 3.75. The van der Waals surface area contributed by atoms with Gasteiger partial charge in [0.05, 0.1) is 14.2 Å². The third-order valence-corrected chi connectivity index (χ3v) is 3.38. The summed E-state index contributed by atoms with van der Waals surface area (Å²) in [5, 5.41) is 2.85. The zero-order chi connectivity index (χ0) is 15.9. The fraction of sp³-hybridized carbons (Fsp3) is 0.294. The Morgan fingerprint density at radius 2 is 1.95 bits per heavy atom. The highest BCUT2D eigenvalue weighted by Crippen LogP contribution is 2.28. The summed E-state index contributed by atoms with van der Waals surface area (Å²) in [5.41, 5.74) is 2.42. The molecule has 5 heteroatoms. The van der Waals surface area contributed by atoms with Gasteiger partial charge in [0, 0.05) is 12.7 Å². The van der Waals surface area contributed by atoms with Gasteiger partial charge in [-0.25, -0.2) is 0 Å². The summed E-state index contributed by atoms with van der Waals surface area (Å²) in [4.78, 5) is 16.0. The number of pyridine rings is 1. The van der Waals surface area contributed by atoms with Gasteiger partial charge in [-0.3, -0.25) is 9.78 Å². The topological polar surface area (TPSA) is 60.5 Å². The summed E-state index contributed by atoms with van der Waals surface area (Å²) >= 11 is 0. The predicted molar refractivity (Wildman–Crippen MR) is 84.6 cm³/mol. The summed E-state index contributed by atoms with van der Waals surface area (Å²) in [5.74, 6) is 1.43. The molecule has 0 bridgehead atoms. The van der Waals surface area contributed by atoms with E-state index >= 15 is 0 Å². The highest BCUT2D eigenvalue weighted by atomic mass is 16.5. The molecule has 0 fully saturated rings. The summed E-state index contributed by atoms with van der Waals surface area (Å²) < 4.78 is 10.7. The Hall–Kier alpha value is -2.56. The smallest absolute Gasteiger partial charge is 0.269 e. The number of benzene rings is 1. The summed E-state index contributed by atoms with van der Waals surface area (Å²) in [6, 6.07) is 9.14. The van der Waals surface area contributed by atoms with Gasteiger partial charge in [0.15, 0.2) is 0 Å². The van der Waals surface area contributed by atoms with Crippen molar-refractivity contribution in [3.8, 4) is 11.5 Å². The quantitative estimate of drug-likeness (QED) is 0.890. The van der Waals surface area contributed by atoms with E-state index in [1.165, 1.54) is 0 Å². The van der Waals surface area contributed by atoms with Gasteiger partial charge in [-0.1, -0.05) is 6.07 Å². The molecule has 1 amide bonds. The Morgan fingerprint density at radius 1 is 1.18 bits per heavy atom. The number of nitrogens with zero attached hydrogens (tertiary/aromatic N) is 1. The first kappa shape index (κ1) is 15.8. The number of methoxy groups -OCH3 is 2. The minimum Gasteiger partial charge on any atom is -0.496 e. The fourth-order valence-corrected chi connectivity index (χ4v) is 2.21. The fourth-order valence-electron chi connectivity index (χ4n) is 2.21. The molecular formula is C17H20N2O3. The maximum absolute atomic E-state index is 11.9. The molecule has 0 aliphatic heterocycles. The molecule has 0 aliphatic carbocycles. The second-order valence-electron chi connectivity index (χ2n) is 4.85. The van der Waals surface area contributed by atoms with Crippen molar-refractivity contribution >= 4 is 5.91 Å². The van der Waals surface area contributed by atoms with Crippen molar-refractivity contribution in [1.82, 2.24) is 10.3 Å². The van der Waals surface area contributed by atoms with E-state index in [1.54, 1.807) is 38.6 Å². The van der Waals surface area contributed by atoms with Crippen LogP contribution in [0.25, 0.3) is 0 Å². The van der Waals surface area contributed by atoms with E-state index in [1.807, 2.05) is 19.1 Å². The number of nitrogens with one attached hydrogen (secondary N) is 1. The van der Waals surface area contributed by atoms with Crippen LogP contribution in [0.4, 0.5) is 0 Å². The molecule has 0 saturated carbocycles. The lowest BCUT2D eigenvalue weighted by atomic mass is 10.1. The lowest BCUT2D eigenvalue weighted by Gasteiger charge is -2.13. The summed E-state index contributed by atoms with van der Waals surface area (Å²) in [6.07, 6.45) is 2.25. The van der Waals surface area contributed by atoms with Crippen LogP contribution in [0, 0.1) is 6.92 Å². The molecule has 2 aromatic rings. The molecule has 0 saturated heterocycles. The molecule has 0 aliphatic rings. The maximum Gasteiger partial charge on any atom is 0.269 e. The summed E-state index contributed by atoms with van der Waals surface area (Å²) in [6.45, 7) is 2.46. The van der Waals surface area contributed by atoms with Crippen molar-refractivity contribution in [2.45, 2.75) is 13.3 Å². The van der Waals surface area contributed by atoms with E-state index in [0.717, 1.165) is 22.6 Å². The van der Waals surface area contributed by atoms with Crippen LogP contribution < -0.4 is 14.8 Å². The van der Waals surface area contributed by atoms with Gasteiger partial charge in [0.25, 0.3) is 5.91 Å². The number of aromatic nitrogens is 1. The van der Waals surface area contributed by atoms with Crippen LogP contribution in [-0.2, 0) is 6.42 Å². The second-order valence-corrected chi connectivity index (χ2v) is 4.85. The number of carbonyl (C=O) groups excluding carboxylic acids is 1. The molecule has 22 heavy (non-hydrogen) atoms. The van der Waals surface area contributed by atoms with Crippen molar-refractivity contribution in [2.24, 2.45) is 0 Å². The third-order valence-electron chi connectivity index (χ3n) is 3.38. The molecule has 0 unspecified atom stereocenters. The van der Waals surface area contributed by atoms with Crippen LogP contribution in [0.3, 0.4) is 0 Å². The van der Waals surface area contributed by atoms with Gasteiger partial charge >= 0.3 is 0 Å². The van der Waals surface area contributed by atoms with Crippen LogP contribution in [0.2, 0.25) is 0 Å². The molecular weight excluding hydrogens is 280 g/mol. The van der Waals surface area contributed by atoms with E-state index in [-0.39, 0.29) is 5.91 Å². The molecule has 0 atom stereocenters. The first-order chi connectivity index (χ1) is 10.7. The number of amides is 1. The first-order valence-corrected chi connectivity index (χ1v) is 7.06. The molecule has 0 radical (unpaired) electrons. The van der Waals surface area contributed by atoms with Crippen molar-refractivity contribution in [1.29, 1.82) is 0 Å². The van der Waals surface area contributed by atoms with Crippen LogP contribution >= 0.6 is 0 Å². The molecule has 1 N–H and O–H groups in total. The van der Waals surface area contributed by atoms with Gasteiger partial charge in [0.2, 0.25) is 0 Å². The van der Waals surface area contributed by atoms with E-state index in [2.05, 4.69) is 10.3 Å². The van der Waals surface area contributed by atoms with E-state index in [0.29, 0.717) is 18.7 Å². The highest BCUT2D eigenvalue weighted by Gasteiger charge is 2.10. The van der Waals surface area contributed by atoms with Gasteiger partial charge in [-0.15, -0.1) is 0 Å². The number of ether oxygens (including phenoxy) is 2. The van der Waals surface area contributed by atoms with Crippen LogP contribution in [0.1, 0.15) is 21.6 Å². The normalized spacial score (nSPS) is 10.1. The standard InChI is InChI=1S/C17H20N2O3/c1-12-10-16(22-3)13(11-15(12)21-2)7-9-19-17(20)14-6-4-5-8-18-14/h4-6,8,10-11H,7,9H2,1-3H3,(H,19,20). The number of aryl methyl sites for hydroxylation is 1. The van der Waals surface area contributed by atoms with E-state index in [9.17, 15) is 4.79 Å². The van der Waals surface area contributed by atoms with Gasteiger partial charge in [-0.2, -0.15) is 0 Å². The monoisotopic (exact) mass is 300 g/mol. The zero-order valence-electron chi connectivity index (χ0n) is 13.1. The predicted octanol–water partition coefficient (Wildman–Crippen LogP) is 2.38. The first-order valence-electron chi connectivity index (χ1n) is 7.06. The number of hydrogen-bond donors (Lipinski definition) is 1. The average Bonchev–Trinajstić information content (AvgIpc) is 2.56. The Labute approximate surface area is 130 Å². The average molecular weight is 300 g/mol. The minimum atomic E-state index is -0.182. The van der Waals surface area contributed by atoms with Crippen molar-refractivity contribution in [3.05, 3.63) is 53.3 Å². The lowest BCUT2D eigenvalue weighted by Crippen LogP contribution is -2.26. The van der Waals surface area contributed by atoms with Crippen LogP contribution in [-0.4, -0.2) is 31.7 Å². The Balaban J connectivity index is 2.01. The van der Waals surface area contributed by atoms with Crippen LogP contribution in [0.15, 0.2) is 36.5 Å². The molecule has 1 aromatic heterocycles. The molecule has 0 spiro atoms. The minimum absolute atomic E-state index is 0.182. The molecule has 116 valence electrons. The maximum atomic E-state index is 11.9. The molecule has 2 rings (SSSR count). The Bertz CT molecular complexity index is 642. The number of hydrogen-bond acceptors (Lipinski definition) is 4. The number of rotatable bonds is 6. The van der Waals surface area contributed by atoms with Crippen LogP contribution in [0.5, 0.6) is 11.5 Å². The SMILES string of the molecule is COc1cc(CCNC(=O)c2ccccn2)c(OC)cc1C.